The van der Waals surface area contributed by atoms with Crippen molar-refractivity contribution >= 4 is 11.8 Å². The Morgan fingerprint density at radius 3 is 1.84 bits per heavy atom. The van der Waals surface area contributed by atoms with Gasteiger partial charge in [-0.15, -0.1) is 0 Å². The first-order valence-corrected chi connectivity index (χ1v) is 7.68. The maximum atomic E-state index is 11.4. The van der Waals surface area contributed by atoms with E-state index in [9.17, 15) is 9.59 Å². The van der Waals surface area contributed by atoms with E-state index in [1.165, 1.54) is 44.9 Å². The van der Waals surface area contributed by atoms with E-state index in [1.54, 1.807) is 7.05 Å². The Labute approximate surface area is 117 Å². The molecule has 2 N–H and O–H groups in total. The first-order valence-electron chi connectivity index (χ1n) is 7.68. The van der Waals surface area contributed by atoms with Crippen molar-refractivity contribution in [3.05, 3.63) is 0 Å². The summed E-state index contributed by atoms with van der Waals surface area (Å²) in [5.74, 6) is -0.397. The summed E-state index contributed by atoms with van der Waals surface area (Å²) >= 11 is 0. The Bertz CT molecular complexity index is 242. The van der Waals surface area contributed by atoms with Gasteiger partial charge < -0.3 is 5.32 Å². The molecule has 0 fully saturated rings. The zero-order chi connectivity index (χ0) is 14.3. The summed E-state index contributed by atoms with van der Waals surface area (Å²) in [6.07, 6.45) is 11.5. The van der Waals surface area contributed by atoms with Gasteiger partial charge in [-0.3, -0.25) is 14.9 Å². The molecular formula is C15H30N2O2. The second kappa shape index (κ2) is 13.5. The van der Waals surface area contributed by atoms with Gasteiger partial charge in [0.1, 0.15) is 0 Å². The number of hydrogen-bond donors (Lipinski definition) is 2. The van der Waals surface area contributed by atoms with Crippen LogP contribution in [0.2, 0.25) is 0 Å². The Morgan fingerprint density at radius 2 is 1.32 bits per heavy atom. The number of rotatable bonds is 12. The van der Waals surface area contributed by atoms with E-state index in [0.717, 1.165) is 12.8 Å². The third kappa shape index (κ3) is 13.3. The van der Waals surface area contributed by atoms with Gasteiger partial charge in [-0.1, -0.05) is 58.3 Å². The Hall–Kier alpha value is -0.900. The average Bonchev–Trinajstić information content (AvgIpc) is 2.37. The lowest BCUT2D eigenvalue weighted by Crippen LogP contribution is -2.36. The van der Waals surface area contributed by atoms with Crippen LogP contribution in [0.25, 0.3) is 0 Å². The smallest absolute Gasteiger partial charge is 0.240 e. The van der Waals surface area contributed by atoms with Crippen molar-refractivity contribution in [1.82, 2.24) is 10.6 Å². The summed E-state index contributed by atoms with van der Waals surface area (Å²) in [6, 6.07) is 0. The van der Waals surface area contributed by atoms with E-state index < -0.39 is 0 Å². The SMILES string of the molecule is CCCCCCCCCCCC(=O)NC(=O)CNC. The molecule has 112 valence electrons. The maximum absolute atomic E-state index is 11.4. The number of hydrogen-bond acceptors (Lipinski definition) is 3. The first-order chi connectivity index (χ1) is 9.20. The number of carbonyl (C=O) groups is 2. The molecule has 0 heterocycles. The quantitative estimate of drug-likeness (QED) is 0.536. The molecule has 2 amide bonds. The van der Waals surface area contributed by atoms with Gasteiger partial charge in [0.25, 0.3) is 0 Å². The molecule has 0 saturated heterocycles. The van der Waals surface area contributed by atoms with Crippen molar-refractivity contribution in [2.75, 3.05) is 13.6 Å². The minimum absolute atomic E-state index is 0.150. The van der Waals surface area contributed by atoms with Crippen molar-refractivity contribution in [3.8, 4) is 0 Å². The van der Waals surface area contributed by atoms with Gasteiger partial charge >= 0.3 is 0 Å². The van der Waals surface area contributed by atoms with E-state index in [1.807, 2.05) is 0 Å². The predicted molar refractivity (Wildman–Crippen MR) is 78.9 cm³/mol. The highest BCUT2D eigenvalue weighted by atomic mass is 16.2. The number of unbranched alkanes of at least 4 members (excludes halogenated alkanes) is 8. The number of amides is 2. The number of likely N-dealkylation sites (N-methyl/N-ethyl adjacent to an activating group) is 1. The first kappa shape index (κ1) is 18.1. The van der Waals surface area contributed by atoms with Crippen LogP contribution in [0.3, 0.4) is 0 Å². The molecule has 0 radical (unpaired) electrons. The number of imide groups is 1. The van der Waals surface area contributed by atoms with Gasteiger partial charge in [0.05, 0.1) is 6.54 Å². The van der Waals surface area contributed by atoms with Crippen molar-refractivity contribution in [1.29, 1.82) is 0 Å². The van der Waals surface area contributed by atoms with Crippen LogP contribution in [-0.2, 0) is 9.59 Å². The Balaban J connectivity index is 3.25. The second-order valence-electron chi connectivity index (χ2n) is 5.08. The molecule has 0 saturated carbocycles. The monoisotopic (exact) mass is 270 g/mol. The molecule has 0 aromatic rings. The highest BCUT2D eigenvalue weighted by Gasteiger charge is 2.05. The van der Waals surface area contributed by atoms with Gasteiger partial charge in [0, 0.05) is 6.42 Å². The van der Waals surface area contributed by atoms with Crippen LogP contribution in [0.1, 0.15) is 71.1 Å². The lowest BCUT2D eigenvalue weighted by molar-refractivity contribution is -0.129. The normalized spacial score (nSPS) is 10.4. The molecule has 0 unspecified atom stereocenters. The summed E-state index contributed by atoms with van der Waals surface area (Å²) in [6.45, 7) is 2.43. The van der Waals surface area contributed by atoms with Crippen LogP contribution in [0.15, 0.2) is 0 Å². The summed E-state index contributed by atoms with van der Waals surface area (Å²) in [5, 5.41) is 5.08. The fourth-order valence-electron chi connectivity index (χ4n) is 2.02. The minimum atomic E-state index is -0.247. The highest BCUT2D eigenvalue weighted by molar-refractivity contribution is 5.95. The Morgan fingerprint density at radius 1 is 0.789 bits per heavy atom. The molecule has 0 aromatic carbocycles. The van der Waals surface area contributed by atoms with Gasteiger partial charge in [-0.05, 0) is 13.5 Å². The summed E-state index contributed by atoms with van der Waals surface area (Å²) < 4.78 is 0. The standard InChI is InChI=1S/C15H30N2O2/c1-3-4-5-6-7-8-9-10-11-12-14(18)17-15(19)13-16-2/h16H,3-13H2,1-2H3,(H,17,18,19). The predicted octanol–water partition coefficient (Wildman–Crippen LogP) is 2.77. The fraction of sp³-hybridized carbons (Fsp3) is 0.867. The van der Waals surface area contributed by atoms with E-state index in [0.29, 0.717) is 6.42 Å². The third-order valence-electron chi connectivity index (χ3n) is 3.12. The van der Waals surface area contributed by atoms with Crippen LogP contribution in [0.4, 0.5) is 0 Å². The molecule has 0 aliphatic carbocycles. The lowest BCUT2D eigenvalue weighted by atomic mass is 10.1. The number of nitrogens with one attached hydrogen (secondary N) is 2. The van der Waals surface area contributed by atoms with E-state index in [-0.39, 0.29) is 18.4 Å². The van der Waals surface area contributed by atoms with Crippen LogP contribution < -0.4 is 10.6 Å². The van der Waals surface area contributed by atoms with Crippen LogP contribution in [0.5, 0.6) is 0 Å². The van der Waals surface area contributed by atoms with Gasteiger partial charge in [-0.25, -0.2) is 0 Å². The molecule has 0 bridgehead atoms. The van der Waals surface area contributed by atoms with Crippen molar-refractivity contribution < 1.29 is 9.59 Å². The van der Waals surface area contributed by atoms with Gasteiger partial charge in [0.2, 0.25) is 11.8 Å². The summed E-state index contributed by atoms with van der Waals surface area (Å²) in [7, 11) is 1.69. The van der Waals surface area contributed by atoms with E-state index in [4.69, 9.17) is 0 Å². The topological polar surface area (TPSA) is 58.2 Å². The van der Waals surface area contributed by atoms with Crippen LogP contribution in [0, 0.1) is 0 Å². The largest absolute Gasteiger partial charge is 0.311 e. The van der Waals surface area contributed by atoms with Crippen molar-refractivity contribution in [3.63, 3.8) is 0 Å². The molecule has 0 spiro atoms. The van der Waals surface area contributed by atoms with Gasteiger partial charge in [0.15, 0.2) is 0 Å². The van der Waals surface area contributed by atoms with Crippen molar-refractivity contribution in [2.45, 2.75) is 71.1 Å². The number of carbonyl (C=O) groups excluding carboxylic acids is 2. The molecule has 0 aromatic heterocycles. The maximum Gasteiger partial charge on any atom is 0.240 e. The van der Waals surface area contributed by atoms with Crippen LogP contribution >= 0.6 is 0 Å². The molecule has 0 aliphatic heterocycles. The molecule has 4 heteroatoms. The highest BCUT2D eigenvalue weighted by Crippen LogP contribution is 2.10. The zero-order valence-electron chi connectivity index (χ0n) is 12.6. The second-order valence-corrected chi connectivity index (χ2v) is 5.08. The third-order valence-corrected chi connectivity index (χ3v) is 3.12. The zero-order valence-corrected chi connectivity index (χ0v) is 12.6. The fourth-order valence-corrected chi connectivity index (χ4v) is 2.02. The van der Waals surface area contributed by atoms with Gasteiger partial charge in [-0.2, -0.15) is 0 Å². The molecule has 19 heavy (non-hydrogen) atoms. The van der Waals surface area contributed by atoms with Crippen molar-refractivity contribution in [2.24, 2.45) is 0 Å². The molecule has 0 aliphatic rings. The summed E-state index contributed by atoms with van der Waals surface area (Å²) in [5.41, 5.74) is 0. The molecule has 4 nitrogen and oxygen atoms in total. The summed E-state index contributed by atoms with van der Waals surface area (Å²) in [4.78, 5) is 22.5. The van der Waals surface area contributed by atoms with E-state index >= 15 is 0 Å². The van der Waals surface area contributed by atoms with Crippen LogP contribution in [-0.4, -0.2) is 25.4 Å². The molecule has 0 rings (SSSR count). The molecular weight excluding hydrogens is 240 g/mol. The molecule has 0 atom stereocenters. The Kier molecular flexibility index (Phi) is 12.9. The minimum Gasteiger partial charge on any atom is -0.311 e. The average molecular weight is 270 g/mol. The van der Waals surface area contributed by atoms with E-state index in [2.05, 4.69) is 17.6 Å². The lowest BCUT2D eigenvalue weighted by Gasteiger charge is -2.04.